The Labute approximate surface area is 125 Å². The predicted octanol–water partition coefficient (Wildman–Crippen LogP) is 4.29. The quantitative estimate of drug-likeness (QED) is 0.772. The first kappa shape index (κ1) is 13.7. The third kappa shape index (κ3) is 2.64. The molecule has 0 aliphatic heterocycles. The monoisotopic (exact) mass is 279 g/mol. The van der Waals surface area contributed by atoms with E-state index < -0.39 is 0 Å². The lowest BCUT2D eigenvalue weighted by molar-refractivity contribution is 0.671. The minimum Gasteiger partial charge on any atom is -0.379 e. The molecule has 0 spiro atoms. The van der Waals surface area contributed by atoms with Gasteiger partial charge in [0.25, 0.3) is 0 Å². The number of fused-ring (bicyclic) bond motifs is 1. The molecule has 3 rings (SSSR count). The molecule has 108 valence electrons. The van der Waals surface area contributed by atoms with E-state index in [0.717, 1.165) is 18.8 Å². The molecule has 0 fully saturated rings. The van der Waals surface area contributed by atoms with Gasteiger partial charge in [0.1, 0.15) is 0 Å². The zero-order valence-corrected chi connectivity index (χ0v) is 12.9. The summed E-state index contributed by atoms with van der Waals surface area (Å²) in [5.41, 5.74) is 6.05. The van der Waals surface area contributed by atoms with Crippen LogP contribution in [0.15, 0.2) is 42.5 Å². The Morgan fingerprint density at radius 3 is 2.67 bits per heavy atom. The molecule has 3 nitrogen and oxygen atoms in total. The summed E-state index contributed by atoms with van der Waals surface area (Å²) in [6, 6.07) is 14.9. The van der Waals surface area contributed by atoms with E-state index in [0.29, 0.717) is 0 Å². The van der Waals surface area contributed by atoms with Crippen LogP contribution in [0.3, 0.4) is 0 Å². The second-order valence-electron chi connectivity index (χ2n) is 5.45. The largest absolute Gasteiger partial charge is 0.379 e. The minimum absolute atomic E-state index is 0.747. The Morgan fingerprint density at radius 1 is 1.10 bits per heavy atom. The molecular weight excluding hydrogens is 258 g/mol. The lowest BCUT2D eigenvalue weighted by Crippen LogP contribution is -2.03. The van der Waals surface area contributed by atoms with Gasteiger partial charge in [-0.1, -0.05) is 35.9 Å². The number of para-hydroxylation sites is 1. The summed E-state index contributed by atoms with van der Waals surface area (Å²) < 4.78 is 2.06. The molecule has 21 heavy (non-hydrogen) atoms. The summed E-state index contributed by atoms with van der Waals surface area (Å²) in [5.74, 6) is 0. The van der Waals surface area contributed by atoms with E-state index in [1.165, 1.54) is 27.7 Å². The summed E-state index contributed by atoms with van der Waals surface area (Å²) >= 11 is 0. The predicted molar refractivity (Wildman–Crippen MR) is 88.6 cm³/mol. The number of aromatic nitrogens is 2. The van der Waals surface area contributed by atoms with Gasteiger partial charge in [0.05, 0.1) is 17.8 Å². The number of benzene rings is 2. The lowest BCUT2D eigenvalue weighted by atomic mass is 10.1. The Balaban J connectivity index is 1.88. The highest BCUT2D eigenvalue weighted by Crippen LogP contribution is 2.21. The number of hydrogen-bond acceptors (Lipinski definition) is 2. The molecule has 0 radical (unpaired) electrons. The maximum absolute atomic E-state index is 4.72. The first-order valence-corrected chi connectivity index (χ1v) is 7.44. The van der Waals surface area contributed by atoms with Crippen molar-refractivity contribution in [2.75, 3.05) is 5.32 Å². The molecule has 3 aromatic rings. The van der Waals surface area contributed by atoms with Crippen LogP contribution in [0.4, 0.5) is 5.69 Å². The molecule has 1 aromatic heterocycles. The van der Waals surface area contributed by atoms with Gasteiger partial charge in [-0.2, -0.15) is 5.10 Å². The second-order valence-corrected chi connectivity index (χ2v) is 5.45. The van der Waals surface area contributed by atoms with Crippen LogP contribution in [-0.4, -0.2) is 9.78 Å². The van der Waals surface area contributed by atoms with Crippen molar-refractivity contribution in [3.8, 4) is 0 Å². The van der Waals surface area contributed by atoms with Gasteiger partial charge in [0.15, 0.2) is 0 Å². The highest BCUT2D eigenvalue weighted by molar-refractivity contribution is 5.82. The van der Waals surface area contributed by atoms with Gasteiger partial charge in [-0.3, -0.25) is 4.68 Å². The summed E-state index contributed by atoms with van der Waals surface area (Å²) in [7, 11) is 0. The highest BCUT2D eigenvalue weighted by atomic mass is 15.3. The maximum atomic E-state index is 4.72. The fourth-order valence-corrected chi connectivity index (χ4v) is 2.76. The van der Waals surface area contributed by atoms with Crippen LogP contribution in [0.5, 0.6) is 0 Å². The van der Waals surface area contributed by atoms with E-state index in [1.54, 1.807) is 0 Å². The second kappa shape index (κ2) is 5.60. The van der Waals surface area contributed by atoms with E-state index in [9.17, 15) is 0 Å². The Hall–Kier alpha value is -2.29. The molecule has 0 saturated heterocycles. The molecule has 0 aliphatic rings. The molecule has 0 amide bonds. The zero-order valence-electron chi connectivity index (χ0n) is 12.9. The molecule has 0 atom stereocenters. The summed E-state index contributed by atoms with van der Waals surface area (Å²) in [5, 5.41) is 9.47. The van der Waals surface area contributed by atoms with Crippen LogP contribution in [0.2, 0.25) is 0 Å². The average molecular weight is 279 g/mol. The van der Waals surface area contributed by atoms with Gasteiger partial charge in [0.2, 0.25) is 0 Å². The topological polar surface area (TPSA) is 29.9 Å². The molecule has 0 bridgehead atoms. The SMILES string of the molecule is CCn1nc(CNc2ccc(C)cc2C)c2ccccc21. The van der Waals surface area contributed by atoms with Crippen molar-refractivity contribution in [2.24, 2.45) is 0 Å². The normalized spacial score (nSPS) is 11.0. The molecule has 0 aliphatic carbocycles. The third-order valence-corrected chi connectivity index (χ3v) is 3.86. The highest BCUT2D eigenvalue weighted by Gasteiger charge is 2.09. The molecule has 0 unspecified atom stereocenters. The summed E-state index contributed by atoms with van der Waals surface area (Å²) in [4.78, 5) is 0. The fraction of sp³-hybridized carbons (Fsp3) is 0.278. The fourth-order valence-electron chi connectivity index (χ4n) is 2.76. The van der Waals surface area contributed by atoms with Crippen molar-refractivity contribution in [1.82, 2.24) is 9.78 Å². The van der Waals surface area contributed by atoms with Crippen LogP contribution >= 0.6 is 0 Å². The van der Waals surface area contributed by atoms with Crippen LogP contribution in [0.1, 0.15) is 23.7 Å². The Bertz CT molecular complexity index is 771. The zero-order chi connectivity index (χ0) is 14.8. The Kier molecular flexibility index (Phi) is 3.65. The molecule has 0 saturated carbocycles. The molecule has 1 N–H and O–H groups in total. The van der Waals surface area contributed by atoms with Gasteiger partial charge in [-0.25, -0.2) is 0 Å². The van der Waals surface area contributed by atoms with Gasteiger partial charge in [-0.05, 0) is 38.5 Å². The van der Waals surface area contributed by atoms with Crippen molar-refractivity contribution in [2.45, 2.75) is 33.9 Å². The smallest absolute Gasteiger partial charge is 0.0894 e. The van der Waals surface area contributed by atoms with Gasteiger partial charge in [0, 0.05) is 17.6 Å². The van der Waals surface area contributed by atoms with Crippen molar-refractivity contribution in [3.63, 3.8) is 0 Å². The van der Waals surface area contributed by atoms with E-state index in [2.05, 4.69) is 73.2 Å². The van der Waals surface area contributed by atoms with Crippen molar-refractivity contribution < 1.29 is 0 Å². The number of rotatable bonds is 4. The summed E-state index contributed by atoms with van der Waals surface area (Å²) in [6.07, 6.45) is 0. The Morgan fingerprint density at radius 2 is 1.90 bits per heavy atom. The number of nitrogens with zero attached hydrogens (tertiary/aromatic N) is 2. The van der Waals surface area contributed by atoms with E-state index in [-0.39, 0.29) is 0 Å². The number of hydrogen-bond donors (Lipinski definition) is 1. The van der Waals surface area contributed by atoms with Crippen molar-refractivity contribution in [1.29, 1.82) is 0 Å². The molecular formula is C18H21N3. The number of nitrogens with one attached hydrogen (secondary N) is 1. The van der Waals surface area contributed by atoms with Crippen LogP contribution < -0.4 is 5.32 Å². The molecule has 2 aromatic carbocycles. The first-order chi connectivity index (χ1) is 10.2. The summed E-state index contributed by atoms with van der Waals surface area (Å²) in [6.45, 7) is 8.02. The average Bonchev–Trinajstić information content (AvgIpc) is 2.85. The third-order valence-electron chi connectivity index (χ3n) is 3.86. The number of aryl methyl sites for hydroxylation is 3. The van der Waals surface area contributed by atoms with Gasteiger partial charge in [-0.15, -0.1) is 0 Å². The number of anilines is 1. The van der Waals surface area contributed by atoms with E-state index in [1.807, 2.05) is 0 Å². The lowest BCUT2D eigenvalue weighted by Gasteiger charge is -2.09. The standard InChI is InChI=1S/C18H21N3/c1-4-21-18-8-6-5-7-15(18)17(20-21)12-19-16-10-9-13(2)11-14(16)3/h5-11,19H,4,12H2,1-3H3. The maximum Gasteiger partial charge on any atom is 0.0894 e. The van der Waals surface area contributed by atoms with Crippen LogP contribution in [-0.2, 0) is 13.1 Å². The van der Waals surface area contributed by atoms with Gasteiger partial charge < -0.3 is 5.32 Å². The molecule has 1 heterocycles. The first-order valence-electron chi connectivity index (χ1n) is 7.44. The molecule has 3 heteroatoms. The van der Waals surface area contributed by atoms with Crippen molar-refractivity contribution >= 4 is 16.6 Å². The van der Waals surface area contributed by atoms with Crippen LogP contribution in [0, 0.1) is 13.8 Å². The van der Waals surface area contributed by atoms with Crippen molar-refractivity contribution in [3.05, 3.63) is 59.3 Å². The minimum atomic E-state index is 0.747. The van der Waals surface area contributed by atoms with Crippen LogP contribution in [0.25, 0.3) is 10.9 Å². The van der Waals surface area contributed by atoms with Gasteiger partial charge >= 0.3 is 0 Å². The van der Waals surface area contributed by atoms with E-state index >= 15 is 0 Å². The van der Waals surface area contributed by atoms with E-state index in [4.69, 9.17) is 5.10 Å².